The van der Waals surface area contributed by atoms with Gasteiger partial charge < -0.3 is 20.5 Å². The molecule has 0 heterocycles. The molecule has 3 atom stereocenters. The van der Waals surface area contributed by atoms with Gasteiger partial charge in [-0.25, -0.2) is 9.59 Å². The van der Waals surface area contributed by atoms with Gasteiger partial charge in [-0.2, -0.15) is 0 Å². The minimum Gasteiger partial charge on any atom is -0.480 e. The van der Waals surface area contributed by atoms with E-state index in [0.717, 1.165) is 6.42 Å². The van der Waals surface area contributed by atoms with Gasteiger partial charge in [0.25, 0.3) is 0 Å². The quantitative estimate of drug-likeness (QED) is 0.732. The van der Waals surface area contributed by atoms with Crippen LogP contribution in [0.3, 0.4) is 0 Å². The maximum absolute atomic E-state index is 12.0. The first-order valence-corrected chi connectivity index (χ1v) is 6.82. The molecule has 6 heteroatoms. The van der Waals surface area contributed by atoms with Crippen LogP contribution in [0.4, 0.5) is 4.79 Å². The Hall–Kier alpha value is -1.30. The summed E-state index contributed by atoms with van der Waals surface area (Å²) >= 11 is 0. The molecule has 0 spiro atoms. The fraction of sp³-hybridized carbons (Fsp3) is 0.857. The van der Waals surface area contributed by atoms with Crippen LogP contribution in [0.5, 0.6) is 0 Å². The number of carboxylic acids is 1. The maximum atomic E-state index is 12.0. The Morgan fingerprint density at radius 1 is 1.35 bits per heavy atom. The Morgan fingerprint density at radius 2 is 1.90 bits per heavy atom. The molecule has 116 valence electrons. The van der Waals surface area contributed by atoms with Gasteiger partial charge in [-0.1, -0.05) is 34.6 Å². The van der Waals surface area contributed by atoms with Crippen molar-refractivity contribution < 1.29 is 19.4 Å². The number of carboxylic acid groups (broad SMARTS) is 1. The van der Waals surface area contributed by atoms with Gasteiger partial charge in [-0.3, -0.25) is 0 Å². The van der Waals surface area contributed by atoms with Crippen LogP contribution in [-0.4, -0.2) is 42.4 Å². The maximum Gasteiger partial charge on any atom is 0.326 e. The van der Waals surface area contributed by atoms with E-state index >= 15 is 0 Å². The molecular formula is C14H26N2O4. The van der Waals surface area contributed by atoms with Crippen molar-refractivity contribution in [1.29, 1.82) is 0 Å². The smallest absolute Gasteiger partial charge is 0.326 e. The number of nitrogens with one attached hydrogen (secondary N) is 2. The lowest BCUT2D eigenvalue weighted by Gasteiger charge is -2.51. The first-order chi connectivity index (χ1) is 9.00. The third kappa shape index (κ3) is 3.42. The number of methoxy groups -OCH3 is 1. The third-order valence-corrected chi connectivity index (χ3v) is 4.16. The molecule has 1 fully saturated rings. The Kier molecular flexibility index (Phi) is 4.69. The number of ether oxygens (including phenoxy) is 1. The molecule has 0 radical (unpaired) electrons. The average Bonchev–Trinajstić information content (AvgIpc) is 2.29. The molecule has 6 nitrogen and oxygen atoms in total. The van der Waals surface area contributed by atoms with Gasteiger partial charge >= 0.3 is 12.0 Å². The zero-order valence-corrected chi connectivity index (χ0v) is 13.1. The molecule has 3 N–H and O–H groups in total. The van der Waals surface area contributed by atoms with Crippen molar-refractivity contribution in [1.82, 2.24) is 10.6 Å². The molecule has 20 heavy (non-hydrogen) atoms. The van der Waals surface area contributed by atoms with E-state index in [9.17, 15) is 14.7 Å². The first-order valence-electron chi connectivity index (χ1n) is 6.82. The number of amides is 2. The second kappa shape index (κ2) is 5.60. The summed E-state index contributed by atoms with van der Waals surface area (Å²) < 4.78 is 5.32. The van der Waals surface area contributed by atoms with Crippen molar-refractivity contribution in [3.05, 3.63) is 0 Å². The highest BCUT2D eigenvalue weighted by molar-refractivity contribution is 5.83. The summed E-state index contributed by atoms with van der Waals surface area (Å²) in [5, 5.41) is 14.6. The minimum absolute atomic E-state index is 0.0122. The Labute approximate surface area is 120 Å². The monoisotopic (exact) mass is 286 g/mol. The zero-order valence-electron chi connectivity index (χ0n) is 13.1. The van der Waals surface area contributed by atoms with Gasteiger partial charge in [0.15, 0.2) is 0 Å². The van der Waals surface area contributed by atoms with E-state index in [2.05, 4.69) is 10.6 Å². The first kappa shape index (κ1) is 16.8. The van der Waals surface area contributed by atoms with Gasteiger partial charge in [0, 0.05) is 18.6 Å². The molecular weight excluding hydrogens is 260 g/mol. The Morgan fingerprint density at radius 3 is 2.25 bits per heavy atom. The van der Waals surface area contributed by atoms with E-state index in [4.69, 9.17) is 4.74 Å². The lowest BCUT2D eigenvalue weighted by atomic mass is 9.64. The highest BCUT2D eigenvalue weighted by Crippen LogP contribution is 2.42. The molecule has 0 aromatic heterocycles. The van der Waals surface area contributed by atoms with E-state index in [1.807, 2.05) is 13.8 Å². The van der Waals surface area contributed by atoms with E-state index in [0.29, 0.717) is 0 Å². The van der Waals surface area contributed by atoms with Gasteiger partial charge in [0.1, 0.15) is 6.04 Å². The summed E-state index contributed by atoms with van der Waals surface area (Å²) in [7, 11) is 1.66. The van der Waals surface area contributed by atoms with E-state index in [1.165, 1.54) is 0 Å². The summed E-state index contributed by atoms with van der Waals surface area (Å²) in [5.41, 5.74) is -0.695. The van der Waals surface area contributed by atoms with Gasteiger partial charge in [0.05, 0.1) is 6.10 Å². The van der Waals surface area contributed by atoms with Crippen molar-refractivity contribution in [2.24, 2.45) is 10.8 Å². The highest BCUT2D eigenvalue weighted by Gasteiger charge is 2.49. The van der Waals surface area contributed by atoms with Crippen molar-refractivity contribution in [3.8, 4) is 0 Å². The Balaban J connectivity index is 2.59. The molecule has 0 bridgehead atoms. The summed E-state index contributed by atoms with van der Waals surface area (Å²) in [4.78, 5) is 23.2. The van der Waals surface area contributed by atoms with Crippen molar-refractivity contribution in [2.45, 2.75) is 59.2 Å². The number of urea groups is 1. The molecule has 0 aromatic carbocycles. The summed E-state index contributed by atoms with van der Waals surface area (Å²) in [6, 6.07) is -1.38. The lowest BCUT2D eigenvalue weighted by Crippen LogP contribution is -2.64. The van der Waals surface area contributed by atoms with Crippen LogP contribution in [0, 0.1) is 10.8 Å². The van der Waals surface area contributed by atoms with Crippen LogP contribution < -0.4 is 10.6 Å². The van der Waals surface area contributed by atoms with Gasteiger partial charge in [-0.05, 0) is 11.8 Å². The summed E-state index contributed by atoms with van der Waals surface area (Å²) in [5.74, 6) is -1.03. The van der Waals surface area contributed by atoms with Crippen LogP contribution in [0.2, 0.25) is 0 Å². The standard InChI is InChI=1S/C14H26N2O4/c1-13(2,3)10(11(17)18)16-12(19)15-8-7-9(20-6)14(8,4)5/h8-10H,7H2,1-6H3,(H,17,18)(H2,15,16,19). The Bertz CT molecular complexity index is 387. The van der Waals surface area contributed by atoms with Gasteiger partial charge in [0.2, 0.25) is 0 Å². The van der Waals surface area contributed by atoms with Gasteiger partial charge in [-0.15, -0.1) is 0 Å². The van der Waals surface area contributed by atoms with E-state index in [-0.39, 0.29) is 17.6 Å². The predicted octanol–water partition coefficient (Wildman–Crippen LogP) is 1.60. The number of hydrogen-bond acceptors (Lipinski definition) is 3. The molecule has 1 aliphatic rings. The second-order valence-electron chi connectivity index (χ2n) is 7.09. The molecule has 3 unspecified atom stereocenters. The molecule has 0 saturated heterocycles. The fourth-order valence-corrected chi connectivity index (χ4v) is 2.51. The van der Waals surface area contributed by atoms with Crippen molar-refractivity contribution in [2.75, 3.05) is 7.11 Å². The summed E-state index contributed by atoms with van der Waals surface area (Å²) in [6.07, 6.45) is 0.857. The van der Waals surface area contributed by atoms with Crippen LogP contribution in [0.1, 0.15) is 41.0 Å². The largest absolute Gasteiger partial charge is 0.480 e. The van der Waals surface area contributed by atoms with Crippen molar-refractivity contribution in [3.63, 3.8) is 0 Å². The second-order valence-corrected chi connectivity index (χ2v) is 7.09. The topological polar surface area (TPSA) is 87.7 Å². The number of rotatable bonds is 4. The van der Waals surface area contributed by atoms with Crippen LogP contribution >= 0.6 is 0 Å². The molecule has 0 aliphatic heterocycles. The zero-order chi connectivity index (χ0) is 15.7. The van der Waals surface area contributed by atoms with Crippen LogP contribution in [0.25, 0.3) is 0 Å². The lowest BCUT2D eigenvalue weighted by molar-refractivity contribution is -0.142. The fourth-order valence-electron chi connectivity index (χ4n) is 2.51. The number of carbonyl (C=O) groups is 2. The van der Waals surface area contributed by atoms with Crippen molar-refractivity contribution >= 4 is 12.0 Å². The predicted molar refractivity (Wildman–Crippen MR) is 75.5 cm³/mol. The molecule has 0 aromatic rings. The molecule has 1 rings (SSSR count). The number of carbonyl (C=O) groups excluding carboxylic acids is 1. The summed E-state index contributed by atoms with van der Waals surface area (Å²) in [6.45, 7) is 9.38. The normalized spacial score (nSPS) is 26.3. The average molecular weight is 286 g/mol. The molecule has 2 amide bonds. The number of hydrogen-bond donors (Lipinski definition) is 3. The third-order valence-electron chi connectivity index (χ3n) is 4.16. The molecule has 1 aliphatic carbocycles. The SMILES string of the molecule is COC1CC(NC(=O)NC(C(=O)O)C(C)(C)C)C1(C)C. The minimum atomic E-state index is -1.03. The van der Waals surface area contributed by atoms with Crippen LogP contribution in [0.15, 0.2) is 0 Å². The number of aliphatic carboxylic acids is 1. The van der Waals surface area contributed by atoms with E-state index < -0.39 is 23.5 Å². The molecule has 1 saturated carbocycles. The highest BCUT2D eigenvalue weighted by atomic mass is 16.5. The van der Waals surface area contributed by atoms with Crippen LogP contribution in [-0.2, 0) is 9.53 Å². The van der Waals surface area contributed by atoms with E-state index in [1.54, 1.807) is 27.9 Å².